The molecule has 2 aliphatic rings. The van der Waals surface area contributed by atoms with Crippen molar-refractivity contribution in [1.29, 1.82) is 0 Å². The van der Waals surface area contributed by atoms with Crippen LogP contribution in [-0.4, -0.2) is 34.8 Å². The zero-order valence-corrected chi connectivity index (χ0v) is 18.0. The highest BCUT2D eigenvalue weighted by Crippen LogP contribution is 2.40. The molecule has 0 bridgehead atoms. The summed E-state index contributed by atoms with van der Waals surface area (Å²) in [7, 11) is -4.06. The smallest absolute Gasteiger partial charge is 0.266 e. The third-order valence-electron chi connectivity index (χ3n) is 6.05. The van der Waals surface area contributed by atoms with Crippen molar-refractivity contribution < 1.29 is 22.0 Å². The number of sulfonamides is 1. The molecule has 5 rings (SSSR count). The molecule has 0 atom stereocenters. The summed E-state index contributed by atoms with van der Waals surface area (Å²) in [5.41, 5.74) is 1.59. The van der Waals surface area contributed by atoms with Gasteiger partial charge in [0, 0.05) is 11.6 Å². The normalized spacial score (nSPS) is 17.9. The van der Waals surface area contributed by atoms with E-state index >= 15 is 0 Å². The molecule has 3 heterocycles. The Labute approximate surface area is 186 Å². The number of hydrazone groups is 1. The fraction of sp³-hybridized carbons (Fsp3) is 0.300. The second-order valence-electron chi connectivity index (χ2n) is 8.08. The molecule has 33 heavy (non-hydrogen) atoms. The van der Waals surface area contributed by atoms with Crippen LogP contribution in [0.5, 0.6) is 0 Å². The Morgan fingerprint density at radius 1 is 1.15 bits per heavy atom. The number of aromatic nitrogens is 3. The van der Waals surface area contributed by atoms with Crippen molar-refractivity contribution in [3.63, 3.8) is 0 Å². The van der Waals surface area contributed by atoms with Gasteiger partial charge in [-0.25, -0.2) is 28.4 Å². The van der Waals surface area contributed by atoms with Gasteiger partial charge in [0.2, 0.25) is 16.0 Å². The van der Waals surface area contributed by atoms with Gasteiger partial charge >= 0.3 is 0 Å². The summed E-state index contributed by atoms with van der Waals surface area (Å²) >= 11 is 0. The average Bonchev–Trinajstić information content (AvgIpc) is 3.14. The Kier molecular flexibility index (Phi) is 4.90. The highest BCUT2D eigenvalue weighted by Gasteiger charge is 2.45. The van der Waals surface area contributed by atoms with Gasteiger partial charge in [0.15, 0.2) is 0 Å². The van der Waals surface area contributed by atoms with Gasteiger partial charge in [-0.3, -0.25) is 4.79 Å². The Hall–Kier alpha value is -3.45. The summed E-state index contributed by atoms with van der Waals surface area (Å²) in [4.78, 5) is 21.2. The van der Waals surface area contributed by atoms with E-state index in [1.165, 1.54) is 18.3 Å². The fourth-order valence-electron chi connectivity index (χ4n) is 4.48. The summed E-state index contributed by atoms with van der Waals surface area (Å²) < 4.78 is 53.7. The highest BCUT2D eigenvalue weighted by molar-refractivity contribution is 7.89. The third-order valence-corrected chi connectivity index (χ3v) is 6.97. The number of carbonyl (C=O) groups is 1. The molecule has 0 saturated heterocycles. The summed E-state index contributed by atoms with van der Waals surface area (Å²) in [6.45, 7) is 0. The van der Waals surface area contributed by atoms with Gasteiger partial charge in [-0.15, -0.1) is 5.10 Å². The van der Waals surface area contributed by atoms with Crippen molar-refractivity contribution in [2.75, 3.05) is 5.32 Å². The molecule has 0 radical (unpaired) electrons. The largest absolute Gasteiger partial charge is 0.322 e. The van der Waals surface area contributed by atoms with E-state index in [0.717, 1.165) is 31.4 Å². The predicted molar refractivity (Wildman–Crippen MR) is 115 cm³/mol. The number of rotatable bonds is 3. The van der Waals surface area contributed by atoms with Crippen molar-refractivity contribution in [1.82, 2.24) is 20.0 Å². The lowest BCUT2D eigenvalue weighted by Crippen LogP contribution is -2.48. The van der Waals surface area contributed by atoms with Gasteiger partial charge in [0.1, 0.15) is 22.7 Å². The molecule has 1 aliphatic heterocycles. The standard InChI is InChI=1S/C20H19F2N7O3S/c21-13-9-12(33(23,31)32)4-5-14(13)25-19-24-10-11-8-15-16(22)27-28-18(30)20(6-2-1-3-7-20)29(15)17(11)26-19/h4-5,8-10H,1-3,6-7H2,(H,28,30)(H2,23,31,32)(H,24,25,26). The van der Waals surface area contributed by atoms with E-state index in [1.807, 2.05) is 0 Å². The lowest BCUT2D eigenvalue weighted by molar-refractivity contribution is -0.131. The molecule has 1 amide bonds. The van der Waals surface area contributed by atoms with Crippen molar-refractivity contribution in [2.24, 2.45) is 10.2 Å². The van der Waals surface area contributed by atoms with Crippen LogP contribution < -0.4 is 15.9 Å². The zero-order valence-electron chi connectivity index (χ0n) is 17.2. The van der Waals surface area contributed by atoms with Crippen molar-refractivity contribution in [3.05, 3.63) is 42.0 Å². The number of halogens is 2. The van der Waals surface area contributed by atoms with Crippen LogP contribution in [0.25, 0.3) is 11.0 Å². The number of nitrogens with one attached hydrogen (secondary N) is 2. The number of fused-ring (bicyclic) bond motifs is 4. The monoisotopic (exact) mass is 475 g/mol. The quantitative estimate of drug-likeness (QED) is 0.531. The SMILES string of the molecule is NS(=O)(=O)c1ccc(Nc2ncc3cc4n(c3n2)C2(CCCCC2)C(=O)NN=C4F)c(F)c1. The maximum Gasteiger partial charge on any atom is 0.266 e. The molecule has 1 aliphatic carbocycles. The van der Waals surface area contributed by atoms with Crippen LogP contribution in [0.15, 0.2) is 40.5 Å². The number of amides is 1. The molecule has 4 N–H and O–H groups in total. The molecule has 1 spiro atoms. The van der Waals surface area contributed by atoms with E-state index in [1.54, 1.807) is 4.57 Å². The molecule has 3 aromatic rings. The lowest BCUT2D eigenvalue weighted by atomic mass is 9.80. The molecule has 1 fully saturated rings. The number of nitrogens with zero attached hydrogens (tertiary/aromatic N) is 4. The van der Waals surface area contributed by atoms with Crippen LogP contribution >= 0.6 is 0 Å². The van der Waals surface area contributed by atoms with Crippen LogP contribution in [0.1, 0.15) is 37.8 Å². The van der Waals surface area contributed by atoms with Crippen LogP contribution in [0, 0.1) is 5.82 Å². The zero-order chi connectivity index (χ0) is 23.4. The minimum Gasteiger partial charge on any atom is -0.322 e. The summed E-state index contributed by atoms with van der Waals surface area (Å²) in [6, 6.07) is 4.65. The van der Waals surface area contributed by atoms with Crippen LogP contribution in [-0.2, 0) is 20.4 Å². The first-order chi connectivity index (χ1) is 15.7. The maximum atomic E-state index is 14.8. The number of nitrogens with two attached hydrogens (primary N) is 1. The minimum atomic E-state index is -4.06. The molecule has 2 aromatic heterocycles. The van der Waals surface area contributed by atoms with Gasteiger partial charge in [-0.1, -0.05) is 19.3 Å². The summed E-state index contributed by atoms with van der Waals surface area (Å²) in [5, 5.41) is 11.8. The molecule has 10 nitrogen and oxygen atoms in total. The van der Waals surface area contributed by atoms with Crippen molar-refractivity contribution in [3.8, 4) is 0 Å². The van der Waals surface area contributed by atoms with E-state index in [9.17, 15) is 22.0 Å². The van der Waals surface area contributed by atoms with E-state index < -0.39 is 33.3 Å². The number of carbonyl (C=O) groups excluding carboxylic acids is 1. The van der Waals surface area contributed by atoms with E-state index in [-0.39, 0.29) is 22.2 Å². The summed E-state index contributed by atoms with van der Waals surface area (Å²) in [6.07, 6.45) is 4.95. The van der Waals surface area contributed by atoms with Crippen molar-refractivity contribution >= 4 is 44.6 Å². The number of primary sulfonamides is 1. The van der Waals surface area contributed by atoms with Crippen LogP contribution in [0.4, 0.5) is 20.4 Å². The number of benzene rings is 1. The van der Waals surface area contributed by atoms with E-state index in [4.69, 9.17) is 5.14 Å². The minimum absolute atomic E-state index is 0.0152. The molecule has 0 unspecified atom stereocenters. The van der Waals surface area contributed by atoms with Gasteiger partial charge in [-0.2, -0.15) is 9.37 Å². The van der Waals surface area contributed by atoms with Crippen LogP contribution in [0.3, 0.4) is 0 Å². The molecule has 1 aromatic carbocycles. The molecular weight excluding hydrogens is 456 g/mol. The number of anilines is 2. The topological polar surface area (TPSA) is 144 Å². The lowest BCUT2D eigenvalue weighted by Gasteiger charge is -2.36. The molecule has 1 saturated carbocycles. The van der Waals surface area contributed by atoms with Gasteiger partial charge in [0.05, 0.1) is 10.6 Å². The van der Waals surface area contributed by atoms with Crippen LogP contribution in [0.2, 0.25) is 0 Å². The first-order valence-corrected chi connectivity index (χ1v) is 11.8. The Morgan fingerprint density at radius 2 is 1.91 bits per heavy atom. The Morgan fingerprint density at radius 3 is 2.61 bits per heavy atom. The third kappa shape index (κ3) is 3.53. The number of hydrogen-bond acceptors (Lipinski definition) is 7. The number of hydrogen-bond donors (Lipinski definition) is 3. The van der Waals surface area contributed by atoms with Crippen molar-refractivity contribution in [2.45, 2.75) is 42.5 Å². The predicted octanol–water partition coefficient (Wildman–Crippen LogP) is 2.38. The maximum absolute atomic E-state index is 14.8. The van der Waals surface area contributed by atoms with E-state index in [2.05, 4.69) is 25.8 Å². The average molecular weight is 475 g/mol. The Balaban J connectivity index is 1.62. The highest BCUT2D eigenvalue weighted by atomic mass is 32.2. The first-order valence-electron chi connectivity index (χ1n) is 10.2. The fourth-order valence-corrected chi connectivity index (χ4v) is 5.00. The second-order valence-corrected chi connectivity index (χ2v) is 9.65. The van der Waals surface area contributed by atoms with Gasteiger partial charge < -0.3 is 9.88 Å². The summed E-state index contributed by atoms with van der Waals surface area (Å²) in [5.74, 6) is -2.14. The molecule has 13 heteroatoms. The Bertz CT molecular complexity index is 1430. The molecular formula is C20H19F2N7O3S. The van der Waals surface area contributed by atoms with E-state index in [0.29, 0.717) is 23.9 Å². The van der Waals surface area contributed by atoms with Gasteiger partial charge in [0.25, 0.3) is 11.9 Å². The second kappa shape index (κ2) is 7.56. The molecule has 172 valence electrons. The van der Waals surface area contributed by atoms with Gasteiger partial charge in [-0.05, 0) is 37.1 Å². The first kappa shape index (κ1) is 21.4.